The summed E-state index contributed by atoms with van der Waals surface area (Å²) in [7, 11) is 0. The van der Waals surface area contributed by atoms with Gasteiger partial charge in [-0.2, -0.15) is 0 Å². The van der Waals surface area contributed by atoms with E-state index in [1.165, 1.54) is 11.2 Å². The number of urea groups is 1. The van der Waals surface area contributed by atoms with Crippen molar-refractivity contribution in [1.82, 2.24) is 20.2 Å². The van der Waals surface area contributed by atoms with E-state index in [1.807, 2.05) is 0 Å². The average Bonchev–Trinajstić information content (AvgIpc) is 3.05. The fraction of sp³-hybridized carbons (Fsp3) is 0.583. The van der Waals surface area contributed by atoms with Crippen molar-refractivity contribution in [3.05, 3.63) is 18.2 Å². The lowest BCUT2D eigenvalue weighted by atomic mass is 9.93. The molecule has 1 atom stereocenters. The molecule has 1 aromatic rings. The molecule has 1 aliphatic rings. The van der Waals surface area contributed by atoms with Crippen molar-refractivity contribution in [2.24, 2.45) is 0 Å². The fourth-order valence-corrected chi connectivity index (χ4v) is 2.56. The number of nitrogens with zero attached hydrogens (tertiary/aromatic N) is 2. The molecule has 1 aromatic heterocycles. The van der Waals surface area contributed by atoms with Gasteiger partial charge in [-0.3, -0.25) is 0 Å². The molecule has 0 aromatic carbocycles. The second-order valence-electron chi connectivity index (χ2n) is 4.68. The first kappa shape index (κ1) is 13.4. The number of aliphatic carboxylic acids is 1. The van der Waals surface area contributed by atoms with Crippen molar-refractivity contribution < 1.29 is 14.7 Å². The molecule has 104 valence electrons. The van der Waals surface area contributed by atoms with Crippen LogP contribution in [0.25, 0.3) is 0 Å². The highest BCUT2D eigenvalue weighted by atomic mass is 16.4. The third-order valence-corrected chi connectivity index (χ3v) is 3.70. The maximum absolute atomic E-state index is 12.1. The predicted molar refractivity (Wildman–Crippen MR) is 67.4 cm³/mol. The van der Waals surface area contributed by atoms with Gasteiger partial charge in [0.05, 0.1) is 18.6 Å². The molecule has 3 N–H and O–H groups in total. The number of carbonyl (C=O) groups is 2. The Balaban J connectivity index is 2.03. The Morgan fingerprint density at radius 2 is 2.42 bits per heavy atom. The molecule has 7 heteroatoms. The van der Waals surface area contributed by atoms with Crippen LogP contribution in [0.3, 0.4) is 0 Å². The van der Waals surface area contributed by atoms with E-state index in [1.54, 1.807) is 13.1 Å². The van der Waals surface area contributed by atoms with E-state index in [4.69, 9.17) is 0 Å². The van der Waals surface area contributed by atoms with Gasteiger partial charge in [-0.25, -0.2) is 14.6 Å². The van der Waals surface area contributed by atoms with Crippen LogP contribution in [0.1, 0.15) is 31.9 Å². The minimum absolute atomic E-state index is 0.314. The number of rotatable bonds is 4. The largest absolute Gasteiger partial charge is 0.479 e. The molecular weight excluding hydrogens is 248 g/mol. The highest BCUT2D eigenvalue weighted by molar-refractivity contribution is 5.87. The van der Waals surface area contributed by atoms with Crippen LogP contribution in [0.4, 0.5) is 4.79 Å². The van der Waals surface area contributed by atoms with Gasteiger partial charge in [0.1, 0.15) is 5.54 Å². The van der Waals surface area contributed by atoms with Crippen LogP contribution in [0.5, 0.6) is 0 Å². The number of imidazole rings is 1. The van der Waals surface area contributed by atoms with Gasteiger partial charge in [0, 0.05) is 12.7 Å². The monoisotopic (exact) mass is 266 g/mol. The van der Waals surface area contributed by atoms with E-state index < -0.39 is 11.5 Å². The lowest BCUT2D eigenvalue weighted by molar-refractivity contribution is -0.148. The summed E-state index contributed by atoms with van der Waals surface area (Å²) in [6.45, 7) is 2.60. The fourth-order valence-electron chi connectivity index (χ4n) is 2.56. The topological polar surface area (TPSA) is 98.3 Å². The third kappa shape index (κ3) is 2.40. The molecule has 0 saturated carbocycles. The molecule has 2 rings (SSSR count). The molecule has 0 spiro atoms. The third-order valence-electron chi connectivity index (χ3n) is 3.70. The number of aromatic nitrogens is 2. The lowest BCUT2D eigenvalue weighted by Gasteiger charge is -2.33. The van der Waals surface area contributed by atoms with Crippen molar-refractivity contribution >= 4 is 12.0 Å². The summed E-state index contributed by atoms with van der Waals surface area (Å²) in [6.07, 6.45) is 4.80. The van der Waals surface area contributed by atoms with Crippen LogP contribution in [0, 0.1) is 0 Å². The van der Waals surface area contributed by atoms with Crippen molar-refractivity contribution in [3.63, 3.8) is 0 Å². The maximum atomic E-state index is 12.1. The van der Waals surface area contributed by atoms with Gasteiger partial charge in [0.25, 0.3) is 0 Å². The van der Waals surface area contributed by atoms with Gasteiger partial charge in [0.15, 0.2) is 0 Å². The number of aromatic amines is 1. The standard InChI is InChI=1S/C12H18N4O3/c1-2-12(10(17)18)4-3-5-16(12)11(19)14-7-9-6-13-8-15-9/h6,8H,2-5,7H2,1H3,(H,13,15)(H,14,19)(H,17,18). The summed E-state index contributed by atoms with van der Waals surface area (Å²) < 4.78 is 0. The molecule has 1 aliphatic heterocycles. The Bertz CT molecular complexity index is 460. The maximum Gasteiger partial charge on any atom is 0.329 e. The van der Waals surface area contributed by atoms with Crippen molar-refractivity contribution in [3.8, 4) is 0 Å². The number of carboxylic acids is 1. The number of amides is 2. The normalized spacial score (nSPS) is 22.5. The second-order valence-corrected chi connectivity index (χ2v) is 4.68. The van der Waals surface area contributed by atoms with E-state index in [0.29, 0.717) is 25.9 Å². The molecule has 19 heavy (non-hydrogen) atoms. The van der Waals surface area contributed by atoms with Gasteiger partial charge >= 0.3 is 12.0 Å². The van der Waals surface area contributed by atoms with Gasteiger partial charge in [0.2, 0.25) is 0 Å². The van der Waals surface area contributed by atoms with Crippen LogP contribution in [-0.2, 0) is 11.3 Å². The van der Waals surface area contributed by atoms with Crippen LogP contribution in [0.2, 0.25) is 0 Å². The summed E-state index contributed by atoms with van der Waals surface area (Å²) >= 11 is 0. The Morgan fingerprint density at radius 1 is 1.63 bits per heavy atom. The van der Waals surface area contributed by atoms with Crippen LogP contribution >= 0.6 is 0 Å². The van der Waals surface area contributed by atoms with E-state index in [-0.39, 0.29) is 6.03 Å². The summed E-state index contributed by atoms with van der Waals surface area (Å²) in [6, 6.07) is -0.337. The Kier molecular flexibility index (Phi) is 3.73. The average molecular weight is 266 g/mol. The minimum Gasteiger partial charge on any atom is -0.479 e. The van der Waals surface area contributed by atoms with E-state index in [2.05, 4.69) is 15.3 Å². The number of hydrogen-bond donors (Lipinski definition) is 3. The summed E-state index contributed by atoms with van der Waals surface area (Å²) in [5.41, 5.74) is -0.275. The minimum atomic E-state index is -1.06. The number of H-pyrrole nitrogens is 1. The number of carbonyl (C=O) groups excluding carboxylic acids is 1. The second kappa shape index (κ2) is 5.29. The first-order chi connectivity index (χ1) is 9.10. The number of nitrogens with one attached hydrogen (secondary N) is 2. The molecule has 2 heterocycles. The van der Waals surface area contributed by atoms with Crippen molar-refractivity contribution in [1.29, 1.82) is 0 Å². The van der Waals surface area contributed by atoms with Crippen LogP contribution in [-0.4, -0.2) is 44.1 Å². The molecule has 2 amide bonds. The van der Waals surface area contributed by atoms with Crippen LogP contribution < -0.4 is 5.32 Å². The number of hydrogen-bond acceptors (Lipinski definition) is 3. The molecule has 0 bridgehead atoms. The predicted octanol–water partition coefficient (Wildman–Crippen LogP) is 0.948. The first-order valence-electron chi connectivity index (χ1n) is 6.36. The molecule has 0 radical (unpaired) electrons. The molecule has 1 saturated heterocycles. The highest BCUT2D eigenvalue weighted by Gasteiger charge is 2.48. The zero-order valence-corrected chi connectivity index (χ0v) is 10.8. The lowest BCUT2D eigenvalue weighted by Crippen LogP contribution is -2.55. The van der Waals surface area contributed by atoms with E-state index in [0.717, 1.165) is 12.1 Å². The molecule has 0 aliphatic carbocycles. The number of carboxylic acid groups (broad SMARTS) is 1. The molecule has 1 fully saturated rings. The molecule has 7 nitrogen and oxygen atoms in total. The van der Waals surface area contributed by atoms with Gasteiger partial charge < -0.3 is 20.3 Å². The Hall–Kier alpha value is -2.05. The quantitative estimate of drug-likeness (QED) is 0.755. The van der Waals surface area contributed by atoms with E-state index in [9.17, 15) is 14.7 Å². The highest BCUT2D eigenvalue weighted by Crippen LogP contribution is 2.32. The van der Waals surface area contributed by atoms with Gasteiger partial charge in [-0.1, -0.05) is 6.92 Å². The zero-order valence-electron chi connectivity index (χ0n) is 10.8. The van der Waals surface area contributed by atoms with Crippen molar-refractivity contribution in [2.45, 2.75) is 38.3 Å². The van der Waals surface area contributed by atoms with E-state index >= 15 is 0 Å². The first-order valence-corrected chi connectivity index (χ1v) is 6.36. The van der Waals surface area contributed by atoms with Crippen molar-refractivity contribution in [2.75, 3.05) is 6.54 Å². The smallest absolute Gasteiger partial charge is 0.329 e. The Morgan fingerprint density at radius 3 is 3.00 bits per heavy atom. The van der Waals surface area contributed by atoms with Gasteiger partial charge in [-0.15, -0.1) is 0 Å². The molecular formula is C12H18N4O3. The summed E-state index contributed by atoms with van der Waals surface area (Å²) in [5, 5.41) is 12.1. The summed E-state index contributed by atoms with van der Waals surface area (Å²) in [5.74, 6) is -0.927. The Labute approximate surface area is 111 Å². The summed E-state index contributed by atoms with van der Waals surface area (Å²) in [4.78, 5) is 31.8. The SMILES string of the molecule is CCC1(C(=O)O)CCCN1C(=O)NCc1cnc[nH]1. The van der Waals surface area contributed by atoms with Crippen LogP contribution in [0.15, 0.2) is 12.5 Å². The van der Waals surface area contributed by atoms with Gasteiger partial charge in [-0.05, 0) is 19.3 Å². The molecule has 1 unspecified atom stereocenters. The zero-order chi connectivity index (χ0) is 13.9. The number of likely N-dealkylation sites (tertiary alicyclic amines) is 1.